The Morgan fingerprint density at radius 3 is 2.23 bits per heavy atom. The van der Waals surface area contributed by atoms with Crippen molar-refractivity contribution in [1.82, 2.24) is 9.47 Å². The molecule has 0 unspecified atom stereocenters. The van der Waals surface area contributed by atoms with Gasteiger partial charge >= 0.3 is 5.97 Å². The Balaban J connectivity index is 2.33. The maximum atomic E-state index is 13.2. The van der Waals surface area contributed by atoms with E-state index in [1.54, 1.807) is 44.7 Å². The molecule has 0 radical (unpaired) electrons. The lowest BCUT2D eigenvalue weighted by Crippen LogP contribution is -2.37. The van der Waals surface area contributed by atoms with Crippen molar-refractivity contribution in [2.24, 2.45) is 7.05 Å². The highest BCUT2D eigenvalue weighted by molar-refractivity contribution is 6.06. The molecule has 0 fully saturated rings. The van der Waals surface area contributed by atoms with Crippen molar-refractivity contribution in [3.8, 4) is 0 Å². The van der Waals surface area contributed by atoms with Crippen LogP contribution in [0.4, 0.5) is 0 Å². The lowest BCUT2D eigenvalue weighted by Gasteiger charge is -2.22. The lowest BCUT2D eigenvalue weighted by molar-refractivity contribution is 0.0588. The van der Waals surface area contributed by atoms with Crippen LogP contribution >= 0.6 is 0 Å². The number of Topliss-reactive ketones (excluding diaryl/α,β-unsaturated/α-hetero) is 1. The zero-order valence-corrected chi connectivity index (χ0v) is 18.6. The monoisotopic (exact) mass is 414 g/mol. The molecular formula is C23H30N2O5. The number of aryl methyl sites for hydroxylation is 1. The van der Waals surface area contributed by atoms with Crippen LogP contribution in [0, 0.1) is 20.8 Å². The van der Waals surface area contributed by atoms with E-state index in [0.717, 1.165) is 5.56 Å². The van der Waals surface area contributed by atoms with Gasteiger partial charge in [0.05, 0.1) is 13.7 Å². The number of nitrogens with zero attached hydrogens (tertiary/aromatic N) is 2. The molecule has 1 aromatic carbocycles. The molecule has 7 heteroatoms. The predicted octanol–water partition coefficient (Wildman–Crippen LogP) is 3.10. The first-order chi connectivity index (χ1) is 14.2. The predicted molar refractivity (Wildman–Crippen MR) is 114 cm³/mol. The van der Waals surface area contributed by atoms with E-state index in [0.29, 0.717) is 47.7 Å². The summed E-state index contributed by atoms with van der Waals surface area (Å²) < 4.78 is 11.6. The Hall–Kier alpha value is -2.93. The van der Waals surface area contributed by atoms with Gasteiger partial charge in [0.15, 0.2) is 5.78 Å². The first kappa shape index (κ1) is 23.3. The van der Waals surface area contributed by atoms with Crippen LogP contribution in [-0.2, 0) is 16.5 Å². The van der Waals surface area contributed by atoms with E-state index < -0.39 is 5.97 Å². The second kappa shape index (κ2) is 10.2. The summed E-state index contributed by atoms with van der Waals surface area (Å²) >= 11 is 0. The van der Waals surface area contributed by atoms with E-state index in [1.807, 2.05) is 19.1 Å². The molecule has 1 heterocycles. The Labute approximate surface area is 177 Å². The molecule has 0 aliphatic rings. The zero-order valence-electron chi connectivity index (χ0n) is 18.6. The van der Waals surface area contributed by atoms with E-state index in [-0.39, 0.29) is 18.2 Å². The fraction of sp³-hybridized carbons (Fsp3) is 0.435. The smallest absolute Gasteiger partial charge is 0.354 e. The molecule has 1 aromatic heterocycles. The van der Waals surface area contributed by atoms with Gasteiger partial charge in [-0.25, -0.2) is 4.79 Å². The van der Waals surface area contributed by atoms with E-state index in [2.05, 4.69) is 0 Å². The molecule has 1 amide bonds. The number of benzene rings is 1. The minimum absolute atomic E-state index is 0.0806. The second-order valence-electron chi connectivity index (χ2n) is 7.35. The number of rotatable bonds is 9. The summed E-state index contributed by atoms with van der Waals surface area (Å²) in [7, 11) is 4.63. The standard InChI is InChI=1S/C23H30N2O5/c1-15-8-10-18(11-9-15)22(27)25(12-7-13-29-5)14-19(26)20-16(2)21(23(28)30-6)24(4)17(20)3/h8-11H,7,12-14H2,1-6H3. The molecule has 2 rings (SSSR count). The van der Waals surface area contributed by atoms with Gasteiger partial charge in [-0.15, -0.1) is 0 Å². The Kier molecular flexibility index (Phi) is 7.94. The van der Waals surface area contributed by atoms with E-state index in [4.69, 9.17) is 9.47 Å². The van der Waals surface area contributed by atoms with Gasteiger partial charge in [-0.1, -0.05) is 17.7 Å². The molecular weight excluding hydrogens is 384 g/mol. The minimum Gasteiger partial charge on any atom is -0.464 e. The van der Waals surface area contributed by atoms with Crippen LogP contribution in [-0.4, -0.2) is 61.0 Å². The summed E-state index contributed by atoms with van der Waals surface area (Å²) in [4.78, 5) is 39.9. The zero-order chi connectivity index (χ0) is 22.4. The van der Waals surface area contributed by atoms with Crippen LogP contribution in [0.15, 0.2) is 24.3 Å². The van der Waals surface area contributed by atoms with E-state index in [9.17, 15) is 14.4 Å². The average Bonchev–Trinajstić information content (AvgIpc) is 2.95. The summed E-state index contributed by atoms with van der Waals surface area (Å²) in [6.07, 6.45) is 0.613. The fourth-order valence-electron chi connectivity index (χ4n) is 3.56. The minimum atomic E-state index is -0.496. The molecule has 2 aromatic rings. The molecule has 7 nitrogen and oxygen atoms in total. The first-order valence-electron chi connectivity index (χ1n) is 9.85. The third-order valence-corrected chi connectivity index (χ3v) is 5.28. The van der Waals surface area contributed by atoms with Gasteiger partial charge in [0.1, 0.15) is 5.69 Å². The van der Waals surface area contributed by atoms with Gasteiger partial charge in [0.25, 0.3) is 5.91 Å². The Morgan fingerprint density at radius 1 is 1.03 bits per heavy atom. The van der Waals surface area contributed by atoms with Crippen molar-refractivity contribution in [2.75, 3.05) is 33.9 Å². The van der Waals surface area contributed by atoms with E-state index >= 15 is 0 Å². The van der Waals surface area contributed by atoms with Crippen LogP contribution in [0.2, 0.25) is 0 Å². The number of ketones is 1. The van der Waals surface area contributed by atoms with Crippen LogP contribution in [0.5, 0.6) is 0 Å². The normalized spacial score (nSPS) is 10.7. The Morgan fingerprint density at radius 2 is 1.67 bits per heavy atom. The molecule has 0 saturated carbocycles. The number of methoxy groups -OCH3 is 2. The lowest BCUT2D eigenvalue weighted by atomic mass is 10.0. The summed E-state index contributed by atoms with van der Waals surface area (Å²) in [5.41, 5.74) is 3.60. The van der Waals surface area contributed by atoms with Crippen LogP contribution in [0.3, 0.4) is 0 Å². The van der Waals surface area contributed by atoms with Crippen molar-refractivity contribution < 1.29 is 23.9 Å². The quantitative estimate of drug-likeness (QED) is 0.358. The van der Waals surface area contributed by atoms with Crippen molar-refractivity contribution in [3.05, 3.63) is 57.9 Å². The van der Waals surface area contributed by atoms with Crippen molar-refractivity contribution in [1.29, 1.82) is 0 Å². The van der Waals surface area contributed by atoms with Crippen molar-refractivity contribution in [3.63, 3.8) is 0 Å². The number of hydrogen-bond donors (Lipinski definition) is 0. The highest BCUT2D eigenvalue weighted by Gasteiger charge is 2.27. The fourth-order valence-corrected chi connectivity index (χ4v) is 3.56. The number of esters is 1. The molecule has 0 saturated heterocycles. The molecule has 0 aliphatic carbocycles. The van der Waals surface area contributed by atoms with Gasteiger partial charge in [0, 0.05) is 44.1 Å². The molecule has 0 spiro atoms. The molecule has 162 valence electrons. The summed E-state index contributed by atoms with van der Waals surface area (Å²) in [5, 5.41) is 0. The number of hydrogen-bond acceptors (Lipinski definition) is 5. The summed E-state index contributed by atoms with van der Waals surface area (Å²) in [6, 6.07) is 7.27. The molecule has 0 N–H and O–H groups in total. The van der Waals surface area contributed by atoms with Gasteiger partial charge in [-0.2, -0.15) is 0 Å². The summed E-state index contributed by atoms with van der Waals surface area (Å²) in [6.45, 7) is 6.26. The molecule has 0 aliphatic heterocycles. The molecule has 0 atom stereocenters. The number of ether oxygens (including phenoxy) is 2. The summed E-state index contributed by atoms with van der Waals surface area (Å²) in [5.74, 6) is -0.919. The second-order valence-corrected chi connectivity index (χ2v) is 7.35. The molecule has 30 heavy (non-hydrogen) atoms. The first-order valence-corrected chi connectivity index (χ1v) is 9.85. The van der Waals surface area contributed by atoms with Gasteiger partial charge in [0.2, 0.25) is 0 Å². The maximum Gasteiger partial charge on any atom is 0.354 e. The maximum absolute atomic E-state index is 13.2. The van der Waals surface area contributed by atoms with Crippen LogP contribution < -0.4 is 0 Å². The topological polar surface area (TPSA) is 77.8 Å². The average molecular weight is 415 g/mol. The van der Waals surface area contributed by atoms with E-state index in [1.165, 1.54) is 12.0 Å². The van der Waals surface area contributed by atoms with Gasteiger partial charge < -0.3 is 18.9 Å². The highest BCUT2D eigenvalue weighted by atomic mass is 16.5. The number of carbonyl (C=O) groups excluding carboxylic acids is 3. The van der Waals surface area contributed by atoms with Gasteiger partial charge in [-0.3, -0.25) is 9.59 Å². The third kappa shape index (κ3) is 4.97. The SMILES string of the molecule is COCCCN(CC(=O)c1c(C)c(C(=O)OC)n(C)c1C)C(=O)c1ccc(C)cc1. The van der Waals surface area contributed by atoms with Crippen molar-refractivity contribution in [2.45, 2.75) is 27.2 Å². The molecule has 0 bridgehead atoms. The van der Waals surface area contributed by atoms with Crippen molar-refractivity contribution >= 4 is 17.7 Å². The number of amides is 1. The largest absolute Gasteiger partial charge is 0.464 e. The van der Waals surface area contributed by atoms with Gasteiger partial charge in [-0.05, 0) is 44.9 Å². The Bertz CT molecular complexity index is 928. The number of carbonyl (C=O) groups is 3. The number of aromatic nitrogens is 1. The van der Waals surface area contributed by atoms with Crippen LogP contribution in [0.25, 0.3) is 0 Å². The van der Waals surface area contributed by atoms with Crippen LogP contribution in [0.1, 0.15) is 54.4 Å². The third-order valence-electron chi connectivity index (χ3n) is 5.28. The highest BCUT2D eigenvalue weighted by Crippen LogP contribution is 2.23.